The van der Waals surface area contributed by atoms with E-state index in [1.807, 2.05) is 30.6 Å². The van der Waals surface area contributed by atoms with Crippen LogP contribution in [0.2, 0.25) is 0 Å². The minimum atomic E-state index is -0.310. The van der Waals surface area contributed by atoms with Crippen molar-refractivity contribution in [1.82, 2.24) is 25.0 Å². The van der Waals surface area contributed by atoms with Gasteiger partial charge in [0.15, 0.2) is 11.6 Å². The molecule has 8 heteroatoms. The summed E-state index contributed by atoms with van der Waals surface area (Å²) in [6, 6.07) is 3.41. The molecule has 0 spiro atoms. The fourth-order valence-corrected chi connectivity index (χ4v) is 4.39. The van der Waals surface area contributed by atoms with Crippen LogP contribution < -0.4 is 0 Å². The van der Waals surface area contributed by atoms with Gasteiger partial charge in [0.1, 0.15) is 5.82 Å². The molecule has 2 aliphatic heterocycles. The summed E-state index contributed by atoms with van der Waals surface area (Å²) in [5.74, 6) is 1.95. The van der Waals surface area contributed by atoms with Gasteiger partial charge in [-0.25, -0.2) is 4.98 Å². The maximum absolute atomic E-state index is 12.7. The van der Waals surface area contributed by atoms with Gasteiger partial charge in [0.05, 0.1) is 11.7 Å². The molecule has 2 fully saturated rings. The second kappa shape index (κ2) is 6.51. The molecule has 144 valence electrons. The van der Waals surface area contributed by atoms with E-state index in [0.29, 0.717) is 31.9 Å². The molecular weight excluding hydrogens is 346 g/mol. The Labute approximate surface area is 157 Å². The van der Waals surface area contributed by atoms with Crippen molar-refractivity contribution >= 4 is 11.8 Å². The topological polar surface area (TPSA) is 95.3 Å². The van der Waals surface area contributed by atoms with E-state index in [4.69, 9.17) is 4.42 Å². The number of fused-ring (bicyclic) bond motifs is 1. The van der Waals surface area contributed by atoms with E-state index in [-0.39, 0.29) is 29.1 Å². The van der Waals surface area contributed by atoms with E-state index in [0.717, 1.165) is 18.1 Å². The number of hydrogen-bond acceptors (Lipinski definition) is 5. The van der Waals surface area contributed by atoms with Crippen molar-refractivity contribution in [2.45, 2.75) is 32.6 Å². The highest BCUT2D eigenvalue weighted by Crippen LogP contribution is 2.44. The van der Waals surface area contributed by atoms with E-state index >= 15 is 0 Å². The summed E-state index contributed by atoms with van der Waals surface area (Å²) in [6.45, 7) is 8.09. The van der Waals surface area contributed by atoms with Crippen LogP contribution in [0, 0.1) is 18.8 Å². The zero-order valence-corrected chi connectivity index (χ0v) is 15.9. The predicted molar refractivity (Wildman–Crippen MR) is 96.9 cm³/mol. The number of carbonyl (C=O) groups excluding carboxylic acids is 2. The summed E-state index contributed by atoms with van der Waals surface area (Å²) in [4.78, 5) is 33.7. The van der Waals surface area contributed by atoms with Crippen LogP contribution in [0.4, 0.5) is 0 Å². The summed E-state index contributed by atoms with van der Waals surface area (Å²) in [6.07, 6.45) is 2.24. The number of H-pyrrole nitrogens is 1. The summed E-state index contributed by atoms with van der Waals surface area (Å²) in [7, 11) is 0. The van der Waals surface area contributed by atoms with Gasteiger partial charge in [0.2, 0.25) is 5.91 Å². The predicted octanol–water partition coefficient (Wildman–Crippen LogP) is 1.60. The van der Waals surface area contributed by atoms with Gasteiger partial charge >= 0.3 is 0 Å². The molecule has 8 nitrogen and oxygen atoms in total. The summed E-state index contributed by atoms with van der Waals surface area (Å²) in [5, 5.41) is 7.37. The number of aromatic nitrogens is 3. The number of aromatic amines is 1. The molecule has 2 saturated heterocycles. The van der Waals surface area contributed by atoms with Crippen molar-refractivity contribution in [3.8, 4) is 0 Å². The first-order chi connectivity index (χ1) is 12.9. The Morgan fingerprint density at radius 1 is 1.33 bits per heavy atom. The average molecular weight is 371 g/mol. The Kier molecular flexibility index (Phi) is 4.28. The quantitative estimate of drug-likeness (QED) is 0.884. The fraction of sp³-hybridized carbons (Fsp3) is 0.579. The van der Waals surface area contributed by atoms with Gasteiger partial charge in [0, 0.05) is 38.0 Å². The summed E-state index contributed by atoms with van der Waals surface area (Å²) in [5.41, 5.74) is -0.310. The van der Waals surface area contributed by atoms with Crippen LogP contribution >= 0.6 is 0 Å². The number of piperidine rings is 1. The van der Waals surface area contributed by atoms with Crippen molar-refractivity contribution in [1.29, 1.82) is 0 Å². The van der Waals surface area contributed by atoms with Gasteiger partial charge in [-0.3, -0.25) is 14.7 Å². The zero-order chi connectivity index (χ0) is 19.2. The second-order valence-electron chi connectivity index (χ2n) is 7.95. The normalized spacial score (nSPS) is 25.1. The van der Waals surface area contributed by atoms with Crippen LogP contribution in [-0.4, -0.2) is 63.0 Å². The summed E-state index contributed by atoms with van der Waals surface area (Å²) >= 11 is 0. The number of amides is 2. The largest absolute Gasteiger partial charge is 0.459 e. The number of hydrogen-bond donors (Lipinski definition) is 1. The maximum Gasteiger partial charge on any atom is 0.289 e. The molecule has 0 saturated carbocycles. The Hall–Kier alpha value is -2.64. The van der Waals surface area contributed by atoms with Gasteiger partial charge in [-0.2, -0.15) is 5.10 Å². The molecule has 0 radical (unpaired) electrons. The molecule has 2 aromatic heterocycles. The third-order valence-electron chi connectivity index (χ3n) is 5.83. The van der Waals surface area contributed by atoms with E-state index in [1.54, 1.807) is 12.1 Å². The van der Waals surface area contributed by atoms with Crippen molar-refractivity contribution in [3.63, 3.8) is 0 Å². The molecular formula is C19H25N5O3. The Balaban J connectivity index is 1.63. The summed E-state index contributed by atoms with van der Waals surface area (Å²) < 4.78 is 5.28. The van der Waals surface area contributed by atoms with Gasteiger partial charge in [0.25, 0.3) is 5.91 Å². The second-order valence-corrected chi connectivity index (χ2v) is 7.95. The van der Waals surface area contributed by atoms with Gasteiger partial charge in [-0.05, 0) is 25.5 Å². The van der Waals surface area contributed by atoms with E-state index in [2.05, 4.69) is 15.2 Å². The molecule has 0 bridgehead atoms. The monoisotopic (exact) mass is 371 g/mol. The Morgan fingerprint density at radius 3 is 2.74 bits per heavy atom. The number of nitrogens with one attached hydrogen (secondary N) is 1. The molecule has 2 amide bonds. The lowest BCUT2D eigenvalue weighted by atomic mass is 9.72. The first kappa shape index (κ1) is 17.8. The Bertz CT molecular complexity index is 843. The first-order valence-electron chi connectivity index (χ1n) is 9.42. The van der Waals surface area contributed by atoms with E-state index in [1.165, 1.54) is 6.26 Å². The number of carbonyl (C=O) groups is 2. The SMILES string of the molecule is Cc1nc([C@@]23CCN(C(=O)c4ccco4)C[C@@H]2CN(C(=O)C(C)C)C3)n[nH]1. The highest BCUT2D eigenvalue weighted by Gasteiger charge is 2.54. The van der Waals surface area contributed by atoms with Crippen molar-refractivity contribution in [2.75, 3.05) is 26.2 Å². The van der Waals surface area contributed by atoms with Gasteiger partial charge < -0.3 is 14.2 Å². The standard InChI is InChI=1S/C19H25N5O3/c1-12(2)16(25)24-10-14-9-23(17(26)15-5-4-8-27-15)7-6-19(14,11-24)18-20-13(3)21-22-18/h4-5,8,12,14H,6-7,9-11H2,1-3H3,(H,20,21,22)/t14-,19-/m1/s1. The van der Waals surface area contributed by atoms with Crippen LogP contribution in [0.3, 0.4) is 0 Å². The van der Waals surface area contributed by atoms with Crippen LogP contribution in [0.15, 0.2) is 22.8 Å². The van der Waals surface area contributed by atoms with Gasteiger partial charge in [-0.1, -0.05) is 13.8 Å². The van der Waals surface area contributed by atoms with Crippen LogP contribution in [0.25, 0.3) is 0 Å². The molecule has 0 unspecified atom stereocenters. The highest BCUT2D eigenvalue weighted by atomic mass is 16.3. The minimum Gasteiger partial charge on any atom is -0.459 e. The number of furan rings is 1. The molecule has 0 aliphatic carbocycles. The number of aryl methyl sites for hydroxylation is 1. The van der Waals surface area contributed by atoms with Gasteiger partial charge in [-0.15, -0.1) is 0 Å². The molecule has 4 heterocycles. The highest BCUT2D eigenvalue weighted by molar-refractivity contribution is 5.91. The lowest BCUT2D eigenvalue weighted by Gasteiger charge is -2.41. The van der Waals surface area contributed by atoms with Crippen molar-refractivity contribution < 1.29 is 14.0 Å². The first-order valence-corrected chi connectivity index (χ1v) is 9.42. The lowest BCUT2D eigenvalue weighted by molar-refractivity contribution is -0.133. The van der Waals surface area contributed by atoms with Crippen molar-refractivity contribution in [3.05, 3.63) is 35.8 Å². The van der Waals surface area contributed by atoms with Crippen LogP contribution in [-0.2, 0) is 10.2 Å². The van der Waals surface area contributed by atoms with Crippen LogP contribution in [0.5, 0.6) is 0 Å². The molecule has 0 aromatic carbocycles. The molecule has 2 atom stereocenters. The van der Waals surface area contributed by atoms with E-state index < -0.39 is 0 Å². The maximum atomic E-state index is 12.7. The molecule has 4 rings (SSSR count). The van der Waals surface area contributed by atoms with Crippen molar-refractivity contribution in [2.24, 2.45) is 11.8 Å². The minimum absolute atomic E-state index is 0.0584. The average Bonchev–Trinajstić information content (AvgIpc) is 3.38. The Morgan fingerprint density at radius 2 is 2.11 bits per heavy atom. The molecule has 1 N–H and O–H groups in total. The number of nitrogens with zero attached hydrogens (tertiary/aromatic N) is 4. The molecule has 2 aliphatic rings. The number of likely N-dealkylation sites (tertiary alicyclic amines) is 2. The number of rotatable bonds is 3. The molecule has 27 heavy (non-hydrogen) atoms. The lowest BCUT2D eigenvalue weighted by Crippen LogP contribution is -2.51. The van der Waals surface area contributed by atoms with Crippen LogP contribution in [0.1, 0.15) is 42.5 Å². The fourth-order valence-electron chi connectivity index (χ4n) is 4.39. The third-order valence-corrected chi connectivity index (χ3v) is 5.83. The third kappa shape index (κ3) is 2.93. The smallest absolute Gasteiger partial charge is 0.289 e. The van der Waals surface area contributed by atoms with E-state index in [9.17, 15) is 9.59 Å². The molecule has 2 aromatic rings. The zero-order valence-electron chi connectivity index (χ0n) is 15.9.